The minimum atomic E-state index is 0. The number of hydrogen-bond acceptors (Lipinski definition) is 0. The Balaban J connectivity index is 0.000000250. The summed E-state index contributed by atoms with van der Waals surface area (Å²) in [5, 5.41) is 2.75. The second-order valence-electron chi connectivity index (χ2n) is 9.38. The molecule has 0 amide bonds. The quantitative estimate of drug-likeness (QED) is 0.196. The molecule has 5 rings (SSSR count). The zero-order valence-electron chi connectivity index (χ0n) is 22.3. The average molecular weight is 541 g/mol. The van der Waals surface area contributed by atoms with E-state index in [1.54, 1.807) is 0 Å². The van der Waals surface area contributed by atoms with Gasteiger partial charge in [-0.15, -0.1) is 17.5 Å². The van der Waals surface area contributed by atoms with Gasteiger partial charge in [0.2, 0.25) is 0 Å². The van der Waals surface area contributed by atoms with Crippen molar-refractivity contribution >= 4 is 10.8 Å². The van der Waals surface area contributed by atoms with Gasteiger partial charge >= 0.3 is 0 Å². The molecular formula is C32H38Co2-4. The Kier molecular flexibility index (Phi) is 10.8. The van der Waals surface area contributed by atoms with Gasteiger partial charge in [-0.1, -0.05) is 86.8 Å². The van der Waals surface area contributed by atoms with Gasteiger partial charge in [0.15, 0.2) is 0 Å². The fourth-order valence-electron chi connectivity index (χ4n) is 4.67. The molecule has 0 aromatic heterocycles. The van der Waals surface area contributed by atoms with Crippen molar-refractivity contribution in [2.75, 3.05) is 0 Å². The summed E-state index contributed by atoms with van der Waals surface area (Å²) in [6.45, 7) is 22.0. The summed E-state index contributed by atoms with van der Waals surface area (Å²) < 4.78 is 0. The van der Waals surface area contributed by atoms with Gasteiger partial charge in [0.1, 0.15) is 0 Å². The molecule has 0 bridgehead atoms. The predicted octanol–water partition coefficient (Wildman–Crippen LogP) is 8.85. The summed E-state index contributed by atoms with van der Waals surface area (Å²) in [7, 11) is 0. The molecule has 4 aromatic carbocycles. The monoisotopic (exact) mass is 540 g/mol. The Bertz CT molecular complexity index is 1010. The van der Waals surface area contributed by atoms with E-state index < -0.39 is 0 Å². The molecule has 1 aliphatic carbocycles. The Morgan fingerprint density at radius 3 is 1.03 bits per heavy atom. The molecule has 4 aromatic rings. The fraction of sp³-hybridized carbons (Fsp3) is 0.312. The third kappa shape index (κ3) is 5.68. The zero-order valence-corrected chi connectivity index (χ0v) is 24.4. The molecule has 2 heteroatoms. The molecule has 0 fully saturated rings. The van der Waals surface area contributed by atoms with Crippen LogP contribution in [0.4, 0.5) is 0 Å². The Labute approximate surface area is 228 Å². The molecule has 0 saturated carbocycles. The maximum absolute atomic E-state index is 2.20. The van der Waals surface area contributed by atoms with Crippen LogP contribution in [0.3, 0.4) is 0 Å². The van der Waals surface area contributed by atoms with Crippen molar-refractivity contribution in [2.24, 2.45) is 0 Å². The summed E-state index contributed by atoms with van der Waals surface area (Å²) in [4.78, 5) is 0. The van der Waals surface area contributed by atoms with Gasteiger partial charge in [-0.2, -0.15) is 78.9 Å². The Hall–Kier alpha value is -1.85. The average Bonchev–Trinajstić information content (AvgIpc) is 3.36. The van der Waals surface area contributed by atoms with E-state index in [4.69, 9.17) is 0 Å². The topological polar surface area (TPSA) is 0 Å². The van der Waals surface area contributed by atoms with Gasteiger partial charge in [-0.05, 0) is 0 Å². The van der Waals surface area contributed by atoms with Crippen LogP contribution in [0.5, 0.6) is 0 Å². The van der Waals surface area contributed by atoms with Gasteiger partial charge < -0.3 is 0 Å². The van der Waals surface area contributed by atoms with E-state index in [0.717, 1.165) is 0 Å². The van der Waals surface area contributed by atoms with Gasteiger partial charge in [0.25, 0.3) is 0 Å². The standard InChI is InChI=1S/C12H8.2C10H15.2Co/c1-3-9-4-2-6-11-8-7-10(5-1)12(9)11;2*1-6-7(2)9(4)10(5)8(6)3;;/h1-8H;2*1-5H3;;/q-2;2*-1;;. The molecule has 1 aliphatic rings. The van der Waals surface area contributed by atoms with Gasteiger partial charge in [0, 0.05) is 33.6 Å². The van der Waals surface area contributed by atoms with Crippen LogP contribution in [-0.2, 0) is 33.6 Å². The molecule has 0 N–H and O–H groups in total. The van der Waals surface area contributed by atoms with Crippen LogP contribution in [0.15, 0.2) is 36.4 Å². The van der Waals surface area contributed by atoms with Crippen molar-refractivity contribution in [3.05, 3.63) is 116 Å². The molecule has 0 nitrogen and oxygen atoms in total. The van der Waals surface area contributed by atoms with E-state index in [0.29, 0.717) is 0 Å². The van der Waals surface area contributed by atoms with Gasteiger partial charge in [-0.3, -0.25) is 0 Å². The molecule has 0 atom stereocenters. The first-order valence-corrected chi connectivity index (χ1v) is 11.6. The first kappa shape index (κ1) is 30.2. The van der Waals surface area contributed by atoms with Crippen molar-refractivity contribution in [3.63, 3.8) is 0 Å². The van der Waals surface area contributed by atoms with Crippen LogP contribution >= 0.6 is 0 Å². The largest absolute Gasteiger partial charge is 0.218 e. The van der Waals surface area contributed by atoms with Crippen LogP contribution < -0.4 is 0 Å². The van der Waals surface area contributed by atoms with E-state index in [-0.39, 0.29) is 33.6 Å². The number of rotatable bonds is 0. The van der Waals surface area contributed by atoms with Crippen molar-refractivity contribution in [1.29, 1.82) is 0 Å². The van der Waals surface area contributed by atoms with Crippen molar-refractivity contribution in [1.82, 2.24) is 0 Å². The molecular weight excluding hydrogens is 502 g/mol. The van der Waals surface area contributed by atoms with Crippen LogP contribution in [0.1, 0.15) is 66.8 Å². The van der Waals surface area contributed by atoms with Crippen molar-refractivity contribution in [2.45, 2.75) is 69.2 Å². The molecule has 2 radical (unpaired) electrons. The summed E-state index contributed by atoms with van der Waals surface area (Å²) in [5.41, 5.74) is 17.4. The number of hydrogen-bond donors (Lipinski definition) is 0. The second kappa shape index (κ2) is 12.2. The van der Waals surface area contributed by atoms with E-state index in [2.05, 4.69) is 118 Å². The summed E-state index contributed by atoms with van der Waals surface area (Å²) in [6.07, 6.45) is 4.36. The van der Waals surface area contributed by atoms with E-state index in [1.807, 2.05) is 0 Å². The SMILES string of the molecule is Cc1c(C)c(C)[c-](C)c1C.Cc1c(C)c(C)[c-](C)c1C.[Co].[Co].c1cc2c3c(cccc3c1)[CH-][CH-]2. The van der Waals surface area contributed by atoms with E-state index >= 15 is 0 Å². The smallest absolute Gasteiger partial charge is 0 e. The first-order valence-electron chi connectivity index (χ1n) is 11.6. The van der Waals surface area contributed by atoms with Gasteiger partial charge in [-0.25, -0.2) is 12.8 Å². The first-order chi connectivity index (χ1) is 15.1. The van der Waals surface area contributed by atoms with Crippen LogP contribution in [0.25, 0.3) is 10.8 Å². The molecule has 0 spiro atoms. The summed E-state index contributed by atoms with van der Waals surface area (Å²) in [5.74, 6) is 0. The third-order valence-corrected chi connectivity index (χ3v) is 8.04. The van der Waals surface area contributed by atoms with Crippen LogP contribution in [0.2, 0.25) is 0 Å². The second-order valence-corrected chi connectivity index (χ2v) is 9.38. The maximum atomic E-state index is 2.20. The zero-order chi connectivity index (χ0) is 23.7. The molecule has 0 aliphatic heterocycles. The predicted molar refractivity (Wildman–Crippen MR) is 142 cm³/mol. The van der Waals surface area contributed by atoms with E-state index in [1.165, 1.54) is 77.5 Å². The normalized spacial score (nSPS) is 10.6. The minimum absolute atomic E-state index is 0. The minimum Gasteiger partial charge on any atom is -0.218 e. The van der Waals surface area contributed by atoms with Crippen LogP contribution in [-0.4, -0.2) is 0 Å². The molecule has 34 heavy (non-hydrogen) atoms. The number of benzene rings is 2. The molecule has 188 valence electrons. The molecule has 0 saturated heterocycles. The third-order valence-electron chi connectivity index (χ3n) is 8.04. The molecule has 0 heterocycles. The fourth-order valence-corrected chi connectivity index (χ4v) is 4.67. The Morgan fingerprint density at radius 2 is 0.794 bits per heavy atom. The van der Waals surface area contributed by atoms with Crippen LogP contribution in [0, 0.1) is 82.1 Å². The Morgan fingerprint density at radius 1 is 0.500 bits per heavy atom. The maximum Gasteiger partial charge on any atom is 0 e. The van der Waals surface area contributed by atoms with Gasteiger partial charge in [0.05, 0.1) is 0 Å². The summed E-state index contributed by atoms with van der Waals surface area (Å²) >= 11 is 0. The van der Waals surface area contributed by atoms with Crippen molar-refractivity contribution in [3.8, 4) is 0 Å². The summed E-state index contributed by atoms with van der Waals surface area (Å²) in [6, 6.07) is 12.9. The van der Waals surface area contributed by atoms with E-state index in [9.17, 15) is 0 Å². The molecule has 0 unspecified atom stereocenters. The van der Waals surface area contributed by atoms with Crippen molar-refractivity contribution < 1.29 is 33.6 Å².